The highest BCUT2D eigenvalue weighted by atomic mass is 19.1. The minimum Gasteiger partial charge on any atom is -0.481 e. The van der Waals surface area contributed by atoms with Gasteiger partial charge in [-0.05, 0) is 66.8 Å². The molecule has 0 unspecified atom stereocenters. The zero-order valence-electron chi connectivity index (χ0n) is 17.4. The van der Waals surface area contributed by atoms with Crippen molar-refractivity contribution < 1.29 is 23.4 Å². The Kier molecular flexibility index (Phi) is 4.89. The summed E-state index contributed by atoms with van der Waals surface area (Å²) in [7, 11) is 1.48. The molecule has 0 saturated heterocycles. The average molecular weight is 434 g/mol. The van der Waals surface area contributed by atoms with Gasteiger partial charge >= 0.3 is 5.97 Å². The maximum absolute atomic E-state index is 14.5. The first-order valence-corrected chi connectivity index (χ1v) is 10.3. The van der Waals surface area contributed by atoms with Gasteiger partial charge in [0.25, 0.3) is 0 Å². The number of methoxy groups -OCH3 is 1. The molecule has 7 heteroatoms. The third-order valence-corrected chi connectivity index (χ3v) is 6.08. The molecule has 0 spiro atoms. The number of benzene rings is 2. The predicted molar refractivity (Wildman–Crippen MR) is 116 cm³/mol. The Morgan fingerprint density at radius 3 is 2.81 bits per heavy atom. The largest absolute Gasteiger partial charge is 0.481 e. The van der Waals surface area contributed by atoms with E-state index < -0.39 is 17.6 Å². The maximum atomic E-state index is 14.5. The van der Waals surface area contributed by atoms with E-state index in [1.807, 2.05) is 12.1 Å². The zero-order valence-corrected chi connectivity index (χ0v) is 17.4. The van der Waals surface area contributed by atoms with Crippen LogP contribution in [0.1, 0.15) is 33.6 Å². The Bertz CT molecular complexity index is 1380. The average Bonchev–Trinajstić information content (AvgIpc) is 3.38. The topological polar surface area (TPSA) is 64.3 Å². The van der Waals surface area contributed by atoms with Crippen LogP contribution in [-0.2, 0) is 19.4 Å². The van der Waals surface area contributed by atoms with Crippen LogP contribution in [0.3, 0.4) is 0 Å². The molecule has 0 radical (unpaired) electrons. The van der Waals surface area contributed by atoms with Gasteiger partial charge in [-0.25, -0.2) is 18.6 Å². The summed E-state index contributed by atoms with van der Waals surface area (Å²) in [6.45, 7) is -0.122. The van der Waals surface area contributed by atoms with Crippen LogP contribution in [-0.4, -0.2) is 27.7 Å². The van der Waals surface area contributed by atoms with E-state index in [0.717, 1.165) is 48.4 Å². The standard InChI is InChI=1S/C25H20F2N2O3/c1-32-24-18(6-3-11-28-24)22-21-17-5-2-4-14(17)7-10-20(21)29(23(22)25(30)31)13-15-12-16(26)8-9-19(15)27/h3,6-12H,2,4-5,13H2,1H3,(H,30,31). The molecule has 0 amide bonds. The highest BCUT2D eigenvalue weighted by Gasteiger charge is 2.29. The van der Waals surface area contributed by atoms with E-state index in [0.29, 0.717) is 22.5 Å². The number of rotatable bonds is 5. The summed E-state index contributed by atoms with van der Waals surface area (Å²) in [5.74, 6) is -2.02. The smallest absolute Gasteiger partial charge is 0.353 e. The van der Waals surface area contributed by atoms with Crippen molar-refractivity contribution in [1.82, 2.24) is 9.55 Å². The quantitative estimate of drug-likeness (QED) is 0.468. The fourth-order valence-electron chi connectivity index (χ4n) is 4.76. The van der Waals surface area contributed by atoms with Crippen molar-refractivity contribution in [3.8, 4) is 17.0 Å². The number of carbonyl (C=O) groups is 1. The number of aryl methyl sites for hydroxylation is 2. The van der Waals surface area contributed by atoms with Crippen molar-refractivity contribution in [3.05, 3.63) is 82.7 Å². The van der Waals surface area contributed by atoms with Gasteiger partial charge in [-0.1, -0.05) is 6.07 Å². The van der Waals surface area contributed by atoms with Gasteiger partial charge in [-0.3, -0.25) is 0 Å². The lowest BCUT2D eigenvalue weighted by atomic mass is 9.97. The second-order valence-corrected chi connectivity index (χ2v) is 7.86. The minimum absolute atomic E-state index is 0.00439. The zero-order chi connectivity index (χ0) is 22.4. The number of carboxylic acid groups (broad SMARTS) is 1. The fourth-order valence-corrected chi connectivity index (χ4v) is 4.76. The lowest BCUT2D eigenvalue weighted by Crippen LogP contribution is -2.12. The van der Waals surface area contributed by atoms with Crippen LogP contribution in [0.5, 0.6) is 5.88 Å². The number of hydrogen-bond acceptors (Lipinski definition) is 3. The molecule has 32 heavy (non-hydrogen) atoms. The van der Waals surface area contributed by atoms with E-state index in [1.165, 1.54) is 12.7 Å². The lowest BCUT2D eigenvalue weighted by Gasteiger charge is -2.11. The molecule has 5 nitrogen and oxygen atoms in total. The van der Waals surface area contributed by atoms with Crippen molar-refractivity contribution in [2.24, 2.45) is 0 Å². The minimum atomic E-state index is -1.16. The van der Waals surface area contributed by atoms with Crippen molar-refractivity contribution in [3.63, 3.8) is 0 Å². The summed E-state index contributed by atoms with van der Waals surface area (Å²) in [6.07, 6.45) is 4.29. The van der Waals surface area contributed by atoms with Crippen molar-refractivity contribution in [1.29, 1.82) is 0 Å². The van der Waals surface area contributed by atoms with E-state index in [-0.39, 0.29) is 17.8 Å². The number of aromatic nitrogens is 2. The molecule has 2 aromatic carbocycles. The molecular weight excluding hydrogens is 414 g/mol. The second kappa shape index (κ2) is 7.75. The summed E-state index contributed by atoms with van der Waals surface area (Å²) < 4.78 is 35.3. The molecule has 1 aliphatic rings. The van der Waals surface area contributed by atoms with E-state index in [2.05, 4.69) is 4.98 Å². The fraction of sp³-hybridized carbons (Fsp3) is 0.200. The van der Waals surface area contributed by atoms with Gasteiger partial charge in [-0.2, -0.15) is 0 Å². The van der Waals surface area contributed by atoms with Gasteiger partial charge in [-0.15, -0.1) is 0 Å². The summed E-state index contributed by atoms with van der Waals surface area (Å²) in [5.41, 5.74) is 4.04. The Morgan fingerprint density at radius 1 is 1.19 bits per heavy atom. The van der Waals surface area contributed by atoms with Crippen LogP contribution in [0.4, 0.5) is 8.78 Å². The van der Waals surface area contributed by atoms with E-state index in [9.17, 15) is 18.7 Å². The molecule has 0 bridgehead atoms. The van der Waals surface area contributed by atoms with Crippen LogP contribution in [0.25, 0.3) is 22.0 Å². The Morgan fingerprint density at radius 2 is 2.03 bits per heavy atom. The summed E-state index contributed by atoms with van der Waals surface area (Å²) in [4.78, 5) is 16.8. The number of halogens is 2. The Labute approximate surface area is 182 Å². The highest BCUT2D eigenvalue weighted by Crippen LogP contribution is 2.43. The number of carboxylic acids is 1. The van der Waals surface area contributed by atoms with Gasteiger partial charge in [0.15, 0.2) is 0 Å². The number of hydrogen-bond donors (Lipinski definition) is 1. The molecule has 0 atom stereocenters. The van der Waals surface area contributed by atoms with E-state index >= 15 is 0 Å². The molecule has 5 rings (SSSR count). The third-order valence-electron chi connectivity index (χ3n) is 6.08. The van der Waals surface area contributed by atoms with Crippen LogP contribution < -0.4 is 4.74 Å². The molecule has 162 valence electrons. The normalized spacial score (nSPS) is 12.8. The maximum Gasteiger partial charge on any atom is 0.353 e. The molecule has 1 aliphatic carbocycles. The molecule has 4 aromatic rings. The van der Waals surface area contributed by atoms with E-state index in [4.69, 9.17) is 4.74 Å². The molecular formula is C25H20F2N2O3. The predicted octanol–water partition coefficient (Wildman–Crippen LogP) is 5.23. The summed E-state index contributed by atoms with van der Waals surface area (Å²) in [6, 6.07) is 10.6. The van der Waals surface area contributed by atoms with Crippen molar-refractivity contribution in [2.75, 3.05) is 7.11 Å². The monoisotopic (exact) mass is 434 g/mol. The third kappa shape index (κ3) is 3.12. The number of aromatic carboxylic acids is 1. The van der Waals surface area contributed by atoms with Gasteiger partial charge in [0.2, 0.25) is 5.88 Å². The number of pyridine rings is 1. The number of ether oxygens (including phenoxy) is 1. The first-order valence-electron chi connectivity index (χ1n) is 10.3. The second-order valence-electron chi connectivity index (χ2n) is 7.86. The molecule has 2 heterocycles. The molecule has 0 aliphatic heterocycles. The molecule has 2 aromatic heterocycles. The van der Waals surface area contributed by atoms with Gasteiger partial charge in [0, 0.05) is 33.8 Å². The van der Waals surface area contributed by atoms with Crippen LogP contribution in [0, 0.1) is 11.6 Å². The number of nitrogens with zero attached hydrogens (tertiary/aromatic N) is 2. The van der Waals surface area contributed by atoms with Crippen LogP contribution in [0.2, 0.25) is 0 Å². The van der Waals surface area contributed by atoms with Gasteiger partial charge < -0.3 is 14.4 Å². The van der Waals surface area contributed by atoms with Gasteiger partial charge in [0.1, 0.15) is 17.3 Å². The number of fused-ring (bicyclic) bond motifs is 3. The van der Waals surface area contributed by atoms with Crippen LogP contribution in [0.15, 0.2) is 48.7 Å². The van der Waals surface area contributed by atoms with Crippen LogP contribution >= 0.6 is 0 Å². The Hall–Kier alpha value is -3.74. The van der Waals surface area contributed by atoms with Crippen molar-refractivity contribution >= 4 is 16.9 Å². The first-order chi connectivity index (χ1) is 15.5. The summed E-state index contributed by atoms with van der Waals surface area (Å²) in [5, 5.41) is 11.1. The SMILES string of the molecule is COc1ncccc1-c1c(C(=O)O)n(Cc2cc(F)ccc2F)c2ccc3c(c12)CCC3. The Balaban J connectivity index is 1.88. The molecule has 0 saturated carbocycles. The van der Waals surface area contributed by atoms with Crippen molar-refractivity contribution in [2.45, 2.75) is 25.8 Å². The van der Waals surface area contributed by atoms with E-state index in [1.54, 1.807) is 22.9 Å². The van der Waals surface area contributed by atoms with Gasteiger partial charge in [0.05, 0.1) is 13.7 Å². The molecule has 0 fully saturated rings. The summed E-state index contributed by atoms with van der Waals surface area (Å²) >= 11 is 0. The highest BCUT2D eigenvalue weighted by molar-refractivity contribution is 6.10. The molecule has 1 N–H and O–H groups in total. The lowest BCUT2D eigenvalue weighted by molar-refractivity contribution is 0.0687. The first kappa shape index (κ1) is 20.2.